The minimum Gasteiger partial charge on any atom is -0.355 e. The minimum atomic E-state index is -0.0479. The third-order valence-electron chi connectivity index (χ3n) is 4.18. The molecular formula is C17H26ClN3O2. The van der Waals surface area contributed by atoms with Gasteiger partial charge >= 0.3 is 0 Å². The predicted molar refractivity (Wildman–Crippen MR) is 93.4 cm³/mol. The van der Waals surface area contributed by atoms with Gasteiger partial charge in [-0.3, -0.25) is 9.59 Å². The molecule has 2 amide bonds. The Morgan fingerprint density at radius 3 is 2.61 bits per heavy atom. The lowest BCUT2D eigenvalue weighted by atomic mass is 10.1. The van der Waals surface area contributed by atoms with Gasteiger partial charge in [-0.1, -0.05) is 30.3 Å². The van der Waals surface area contributed by atoms with Crippen molar-refractivity contribution in [2.24, 2.45) is 11.7 Å². The van der Waals surface area contributed by atoms with Crippen LogP contribution in [0.3, 0.4) is 0 Å². The molecule has 1 heterocycles. The van der Waals surface area contributed by atoms with Crippen LogP contribution in [0.2, 0.25) is 0 Å². The summed E-state index contributed by atoms with van der Waals surface area (Å²) in [5, 5.41) is 2.81. The number of nitrogens with zero attached hydrogens (tertiary/aromatic N) is 1. The summed E-state index contributed by atoms with van der Waals surface area (Å²) in [5.74, 6) is 0.461. The van der Waals surface area contributed by atoms with E-state index >= 15 is 0 Å². The molecule has 1 saturated heterocycles. The van der Waals surface area contributed by atoms with Crippen LogP contribution in [-0.2, 0) is 16.0 Å². The lowest BCUT2D eigenvalue weighted by Crippen LogP contribution is -2.37. The molecule has 1 aliphatic heterocycles. The van der Waals surface area contributed by atoms with E-state index in [1.807, 2.05) is 35.2 Å². The zero-order chi connectivity index (χ0) is 15.9. The van der Waals surface area contributed by atoms with E-state index in [2.05, 4.69) is 12.2 Å². The van der Waals surface area contributed by atoms with Gasteiger partial charge in [0, 0.05) is 25.6 Å². The molecule has 0 bridgehead atoms. The SMILES string of the molecule is CC1CC(CN)CN1C(=O)CCNC(=O)Cc1ccccc1.Cl. The van der Waals surface area contributed by atoms with Crippen LogP contribution in [0.15, 0.2) is 30.3 Å². The molecule has 0 aromatic heterocycles. The molecule has 1 aromatic rings. The van der Waals surface area contributed by atoms with Crippen LogP contribution in [0.1, 0.15) is 25.3 Å². The largest absolute Gasteiger partial charge is 0.355 e. The first-order chi connectivity index (χ1) is 10.6. The summed E-state index contributed by atoms with van der Waals surface area (Å²) in [6.45, 7) is 3.82. The number of halogens is 1. The number of carbonyl (C=O) groups is 2. The summed E-state index contributed by atoms with van der Waals surface area (Å²) < 4.78 is 0. The van der Waals surface area contributed by atoms with Crippen molar-refractivity contribution >= 4 is 24.2 Å². The van der Waals surface area contributed by atoms with Crippen molar-refractivity contribution in [3.63, 3.8) is 0 Å². The maximum Gasteiger partial charge on any atom is 0.224 e. The Bertz CT molecular complexity index is 510. The molecule has 6 heteroatoms. The van der Waals surface area contributed by atoms with Crippen molar-refractivity contribution in [1.29, 1.82) is 0 Å². The highest BCUT2D eigenvalue weighted by atomic mass is 35.5. The Balaban J connectivity index is 0.00000264. The zero-order valence-electron chi connectivity index (χ0n) is 13.5. The second-order valence-corrected chi connectivity index (χ2v) is 5.99. The number of amides is 2. The monoisotopic (exact) mass is 339 g/mol. The minimum absolute atomic E-state index is 0. The molecule has 23 heavy (non-hydrogen) atoms. The van der Waals surface area contributed by atoms with Crippen molar-refractivity contribution in [1.82, 2.24) is 10.2 Å². The standard InChI is InChI=1S/C17H25N3O2.ClH/c1-13-9-15(11-18)12-20(13)17(22)7-8-19-16(21)10-14-5-3-2-4-6-14;/h2-6,13,15H,7-12,18H2,1H3,(H,19,21);1H. The second kappa shape index (κ2) is 9.53. The normalized spacial score (nSPS) is 20.0. The van der Waals surface area contributed by atoms with Crippen LogP contribution < -0.4 is 11.1 Å². The fourth-order valence-corrected chi connectivity index (χ4v) is 2.96. The van der Waals surface area contributed by atoms with Gasteiger partial charge < -0.3 is 16.0 Å². The van der Waals surface area contributed by atoms with Crippen LogP contribution in [-0.4, -0.2) is 42.4 Å². The lowest BCUT2D eigenvalue weighted by Gasteiger charge is -2.21. The van der Waals surface area contributed by atoms with Crippen molar-refractivity contribution in [2.45, 2.75) is 32.2 Å². The third kappa shape index (κ3) is 5.84. The van der Waals surface area contributed by atoms with Gasteiger partial charge in [0.2, 0.25) is 11.8 Å². The van der Waals surface area contributed by atoms with Crippen molar-refractivity contribution in [3.8, 4) is 0 Å². The van der Waals surface area contributed by atoms with Gasteiger partial charge in [0.05, 0.1) is 6.42 Å². The summed E-state index contributed by atoms with van der Waals surface area (Å²) in [6.07, 6.45) is 1.68. The Kier molecular flexibility index (Phi) is 8.06. The van der Waals surface area contributed by atoms with Gasteiger partial charge in [0.25, 0.3) is 0 Å². The highest BCUT2D eigenvalue weighted by molar-refractivity contribution is 5.85. The summed E-state index contributed by atoms with van der Waals surface area (Å²) in [4.78, 5) is 25.9. The van der Waals surface area contributed by atoms with Crippen LogP contribution in [0.5, 0.6) is 0 Å². The molecule has 0 spiro atoms. The van der Waals surface area contributed by atoms with Gasteiger partial charge in [0.1, 0.15) is 0 Å². The molecular weight excluding hydrogens is 314 g/mol. The summed E-state index contributed by atoms with van der Waals surface area (Å²) in [7, 11) is 0. The van der Waals surface area contributed by atoms with E-state index < -0.39 is 0 Å². The van der Waals surface area contributed by atoms with Gasteiger partial charge in [-0.15, -0.1) is 12.4 Å². The van der Waals surface area contributed by atoms with Crippen molar-refractivity contribution in [2.75, 3.05) is 19.6 Å². The van der Waals surface area contributed by atoms with Gasteiger partial charge in [-0.25, -0.2) is 0 Å². The highest BCUT2D eigenvalue weighted by Gasteiger charge is 2.30. The molecule has 1 aliphatic rings. The fraction of sp³-hybridized carbons (Fsp3) is 0.529. The quantitative estimate of drug-likeness (QED) is 0.821. The zero-order valence-corrected chi connectivity index (χ0v) is 14.3. The van der Waals surface area contributed by atoms with Crippen molar-refractivity contribution in [3.05, 3.63) is 35.9 Å². The highest BCUT2D eigenvalue weighted by Crippen LogP contribution is 2.22. The third-order valence-corrected chi connectivity index (χ3v) is 4.18. The van der Waals surface area contributed by atoms with E-state index in [0.717, 1.165) is 18.5 Å². The van der Waals surface area contributed by atoms with E-state index in [1.54, 1.807) is 0 Å². The van der Waals surface area contributed by atoms with Crippen LogP contribution in [0.4, 0.5) is 0 Å². The molecule has 128 valence electrons. The predicted octanol–water partition coefficient (Wildman–Crippen LogP) is 1.35. The van der Waals surface area contributed by atoms with E-state index in [0.29, 0.717) is 31.8 Å². The Morgan fingerprint density at radius 1 is 1.30 bits per heavy atom. The lowest BCUT2D eigenvalue weighted by molar-refractivity contribution is -0.131. The van der Waals surface area contributed by atoms with E-state index in [-0.39, 0.29) is 30.3 Å². The average molecular weight is 340 g/mol. The molecule has 2 atom stereocenters. The number of hydrogen-bond acceptors (Lipinski definition) is 3. The maximum absolute atomic E-state index is 12.2. The maximum atomic E-state index is 12.2. The molecule has 0 radical (unpaired) electrons. The first kappa shape index (κ1) is 19.5. The smallest absolute Gasteiger partial charge is 0.224 e. The van der Waals surface area contributed by atoms with Crippen LogP contribution in [0.25, 0.3) is 0 Å². The number of nitrogens with two attached hydrogens (primary N) is 1. The molecule has 2 unspecified atom stereocenters. The van der Waals surface area contributed by atoms with E-state index in [4.69, 9.17) is 5.73 Å². The van der Waals surface area contributed by atoms with Gasteiger partial charge in [0.15, 0.2) is 0 Å². The number of benzene rings is 1. The Morgan fingerprint density at radius 2 is 2.00 bits per heavy atom. The Labute approximate surface area is 144 Å². The fourth-order valence-electron chi connectivity index (χ4n) is 2.96. The number of carbonyl (C=O) groups excluding carboxylic acids is 2. The summed E-state index contributed by atoms with van der Waals surface area (Å²) in [6, 6.07) is 9.84. The van der Waals surface area contributed by atoms with Gasteiger partial charge in [-0.2, -0.15) is 0 Å². The number of likely N-dealkylation sites (tertiary alicyclic amines) is 1. The van der Waals surface area contributed by atoms with Crippen LogP contribution in [0, 0.1) is 5.92 Å². The Hall–Kier alpha value is -1.59. The first-order valence-electron chi connectivity index (χ1n) is 7.90. The summed E-state index contributed by atoms with van der Waals surface area (Å²) >= 11 is 0. The summed E-state index contributed by atoms with van der Waals surface area (Å²) in [5.41, 5.74) is 6.65. The molecule has 0 aliphatic carbocycles. The molecule has 3 N–H and O–H groups in total. The second-order valence-electron chi connectivity index (χ2n) is 5.99. The molecule has 1 fully saturated rings. The number of hydrogen-bond donors (Lipinski definition) is 2. The molecule has 0 saturated carbocycles. The average Bonchev–Trinajstić information content (AvgIpc) is 2.89. The number of rotatable bonds is 6. The van der Waals surface area contributed by atoms with E-state index in [9.17, 15) is 9.59 Å². The first-order valence-corrected chi connectivity index (χ1v) is 7.90. The van der Waals surface area contributed by atoms with Gasteiger partial charge in [-0.05, 0) is 31.4 Å². The molecule has 5 nitrogen and oxygen atoms in total. The van der Waals surface area contributed by atoms with E-state index in [1.165, 1.54) is 0 Å². The molecule has 2 rings (SSSR count). The van der Waals surface area contributed by atoms with Crippen molar-refractivity contribution < 1.29 is 9.59 Å². The number of nitrogens with one attached hydrogen (secondary N) is 1. The molecule has 1 aromatic carbocycles. The topological polar surface area (TPSA) is 75.4 Å². The van der Waals surface area contributed by atoms with Crippen LogP contribution >= 0.6 is 12.4 Å².